The lowest BCUT2D eigenvalue weighted by molar-refractivity contribution is 0.408. The number of rotatable bonds is 7. The Hall–Kier alpha value is -3.00. The van der Waals surface area contributed by atoms with E-state index in [1.54, 1.807) is 6.07 Å². The van der Waals surface area contributed by atoms with Gasteiger partial charge in [0.1, 0.15) is 5.82 Å². The summed E-state index contributed by atoms with van der Waals surface area (Å²) >= 11 is 5.88. The van der Waals surface area contributed by atoms with Crippen molar-refractivity contribution >= 4 is 32.5 Å². The lowest BCUT2D eigenvalue weighted by Gasteiger charge is -2.23. The van der Waals surface area contributed by atoms with Crippen LogP contribution in [0.3, 0.4) is 0 Å². The molecule has 3 aromatic carbocycles. The monoisotopic (exact) mass is 512 g/mol. The Bertz CT molecular complexity index is 1580. The Balaban J connectivity index is 1.75. The van der Waals surface area contributed by atoms with Crippen molar-refractivity contribution in [2.75, 3.05) is 6.54 Å². The van der Waals surface area contributed by atoms with Crippen LogP contribution < -0.4 is 5.56 Å². The van der Waals surface area contributed by atoms with Gasteiger partial charge < -0.3 is 4.98 Å². The summed E-state index contributed by atoms with van der Waals surface area (Å²) in [6.07, 6.45) is 0.449. The minimum Gasteiger partial charge on any atom is -0.322 e. The zero-order valence-electron chi connectivity index (χ0n) is 19.7. The van der Waals surface area contributed by atoms with E-state index in [1.165, 1.54) is 10.4 Å². The summed E-state index contributed by atoms with van der Waals surface area (Å²) in [5.74, 6) is -0.700. The van der Waals surface area contributed by atoms with Crippen LogP contribution in [-0.4, -0.2) is 24.3 Å². The van der Waals surface area contributed by atoms with Crippen molar-refractivity contribution in [1.82, 2.24) is 9.29 Å². The highest BCUT2D eigenvalue weighted by Crippen LogP contribution is 2.25. The number of fused-ring (bicyclic) bond motifs is 1. The molecule has 0 aliphatic rings. The second-order valence-electron chi connectivity index (χ2n) is 8.74. The van der Waals surface area contributed by atoms with Gasteiger partial charge in [0.05, 0.1) is 9.92 Å². The first-order chi connectivity index (χ1) is 16.6. The topological polar surface area (TPSA) is 70.2 Å². The van der Waals surface area contributed by atoms with Crippen LogP contribution in [-0.2, 0) is 23.0 Å². The molecule has 0 saturated carbocycles. The fourth-order valence-electron chi connectivity index (χ4n) is 4.04. The molecule has 0 aliphatic carbocycles. The van der Waals surface area contributed by atoms with Gasteiger partial charge in [0.2, 0.25) is 10.0 Å². The first-order valence-corrected chi connectivity index (χ1v) is 13.0. The maximum atomic E-state index is 13.7. The largest absolute Gasteiger partial charge is 0.322 e. The molecule has 0 bridgehead atoms. The van der Waals surface area contributed by atoms with E-state index in [1.807, 2.05) is 57.2 Å². The Labute approximate surface area is 209 Å². The molecule has 4 aromatic rings. The van der Waals surface area contributed by atoms with Gasteiger partial charge in [0.15, 0.2) is 0 Å². The minimum absolute atomic E-state index is 0.127. The second-order valence-corrected chi connectivity index (χ2v) is 11.1. The van der Waals surface area contributed by atoms with E-state index in [4.69, 9.17) is 11.6 Å². The molecule has 5 nitrogen and oxygen atoms in total. The molecule has 0 fully saturated rings. The molecule has 1 aromatic heterocycles. The quantitative estimate of drug-likeness (QED) is 0.346. The Morgan fingerprint density at radius 3 is 2.34 bits per heavy atom. The maximum Gasteiger partial charge on any atom is 0.252 e. The van der Waals surface area contributed by atoms with Gasteiger partial charge in [-0.3, -0.25) is 4.79 Å². The average Bonchev–Trinajstić information content (AvgIpc) is 2.80. The number of hydrogen-bond donors (Lipinski definition) is 1. The highest BCUT2D eigenvalue weighted by Gasteiger charge is 2.26. The van der Waals surface area contributed by atoms with E-state index < -0.39 is 15.8 Å². The molecule has 4 rings (SSSR count). The van der Waals surface area contributed by atoms with Crippen LogP contribution in [0.15, 0.2) is 70.4 Å². The number of nitrogens with zero attached hydrogens (tertiary/aromatic N) is 1. The van der Waals surface area contributed by atoms with Gasteiger partial charge in [-0.1, -0.05) is 35.9 Å². The van der Waals surface area contributed by atoms with Crippen LogP contribution in [0.1, 0.15) is 27.8 Å². The van der Waals surface area contributed by atoms with Crippen molar-refractivity contribution in [3.63, 3.8) is 0 Å². The van der Waals surface area contributed by atoms with Crippen molar-refractivity contribution in [2.24, 2.45) is 0 Å². The first kappa shape index (κ1) is 25.1. The molecule has 35 heavy (non-hydrogen) atoms. The number of benzene rings is 3. The van der Waals surface area contributed by atoms with E-state index in [0.717, 1.165) is 39.8 Å². The van der Waals surface area contributed by atoms with Crippen LogP contribution >= 0.6 is 11.6 Å². The molecule has 8 heteroatoms. The number of nitrogens with one attached hydrogen (secondary N) is 1. The molecular formula is C27H26ClFN2O3S. The molecule has 0 radical (unpaired) electrons. The van der Waals surface area contributed by atoms with Gasteiger partial charge in [-0.2, -0.15) is 4.31 Å². The van der Waals surface area contributed by atoms with Crippen LogP contribution in [0.2, 0.25) is 5.02 Å². The molecule has 0 aliphatic heterocycles. The molecule has 0 saturated heterocycles. The third-order valence-electron chi connectivity index (χ3n) is 6.30. The lowest BCUT2D eigenvalue weighted by Crippen LogP contribution is -2.34. The number of aromatic nitrogens is 1. The summed E-state index contributed by atoms with van der Waals surface area (Å²) in [4.78, 5) is 15.7. The minimum atomic E-state index is -4.08. The number of H-pyrrole nitrogens is 1. The summed E-state index contributed by atoms with van der Waals surface area (Å²) in [6.45, 7) is 5.91. The van der Waals surface area contributed by atoms with E-state index >= 15 is 0 Å². The highest BCUT2D eigenvalue weighted by atomic mass is 35.5. The number of aryl methyl sites for hydroxylation is 3. The van der Waals surface area contributed by atoms with Gasteiger partial charge >= 0.3 is 0 Å². The SMILES string of the molecule is Cc1cc2cc(CN(CCc3ccccc3C)S(=O)(=O)c3ccc(F)c(Cl)c3)c(=O)[nH]c2cc1C. The molecule has 0 unspecified atom stereocenters. The first-order valence-electron chi connectivity index (χ1n) is 11.2. The normalized spacial score (nSPS) is 11.9. The number of halogens is 2. The fourth-order valence-corrected chi connectivity index (χ4v) is 5.73. The Morgan fingerprint density at radius 2 is 1.63 bits per heavy atom. The summed E-state index contributed by atoms with van der Waals surface area (Å²) in [6, 6.07) is 16.7. The Morgan fingerprint density at radius 1 is 0.914 bits per heavy atom. The molecule has 1 N–H and O–H groups in total. The third-order valence-corrected chi connectivity index (χ3v) is 8.43. The summed E-state index contributed by atoms with van der Waals surface area (Å²) in [7, 11) is -4.08. The van der Waals surface area contributed by atoms with E-state index in [2.05, 4.69) is 4.98 Å². The van der Waals surface area contributed by atoms with Gasteiger partial charge in [0.25, 0.3) is 5.56 Å². The Kier molecular flexibility index (Phi) is 7.12. The van der Waals surface area contributed by atoms with Crippen molar-refractivity contribution in [1.29, 1.82) is 0 Å². The zero-order valence-corrected chi connectivity index (χ0v) is 21.3. The smallest absolute Gasteiger partial charge is 0.252 e. The zero-order chi connectivity index (χ0) is 25.3. The van der Waals surface area contributed by atoms with E-state index in [0.29, 0.717) is 17.5 Å². The van der Waals surface area contributed by atoms with E-state index in [-0.39, 0.29) is 28.6 Å². The van der Waals surface area contributed by atoms with E-state index in [9.17, 15) is 17.6 Å². The molecule has 1 heterocycles. The molecule has 0 amide bonds. The molecule has 182 valence electrons. The van der Waals surface area contributed by atoms with Gasteiger partial charge in [-0.15, -0.1) is 0 Å². The van der Waals surface area contributed by atoms with Crippen molar-refractivity contribution in [2.45, 2.75) is 38.6 Å². The number of sulfonamides is 1. The number of hydrogen-bond acceptors (Lipinski definition) is 3. The molecule has 0 spiro atoms. The van der Waals surface area contributed by atoms with Crippen molar-refractivity contribution in [3.05, 3.63) is 110 Å². The van der Waals surface area contributed by atoms with Crippen LogP contribution in [0.4, 0.5) is 4.39 Å². The lowest BCUT2D eigenvalue weighted by atomic mass is 10.0. The van der Waals surface area contributed by atoms with Gasteiger partial charge in [-0.05, 0) is 91.2 Å². The third kappa shape index (κ3) is 5.32. The van der Waals surface area contributed by atoms with Crippen LogP contribution in [0, 0.1) is 26.6 Å². The fraction of sp³-hybridized carbons (Fsp3) is 0.222. The number of aromatic amines is 1. The van der Waals surface area contributed by atoms with Crippen LogP contribution in [0.25, 0.3) is 10.9 Å². The van der Waals surface area contributed by atoms with Crippen molar-refractivity contribution in [3.8, 4) is 0 Å². The standard InChI is InChI=1S/C27H26ClFN2O3S/c1-17-6-4-5-7-20(17)10-11-31(35(33,34)23-8-9-25(29)24(28)15-23)16-22-14-21-12-18(2)19(3)13-26(21)30-27(22)32/h4-9,12-15H,10-11,16H2,1-3H3,(H,30,32). The highest BCUT2D eigenvalue weighted by molar-refractivity contribution is 7.89. The summed E-state index contributed by atoms with van der Waals surface area (Å²) < 4.78 is 42.2. The predicted molar refractivity (Wildman–Crippen MR) is 138 cm³/mol. The predicted octanol–water partition coefficient (Wildman–Crippen LogP) is 5.68. The second kappa shape index (κ2) is 9.93. The molecule has 0 atom stereocenters. The summed E-state index contributed by atoms with van der Waals surface area (Å²) in [5, 5.41) is 0.545. The van der Waals surface area contributed by atoms with Crippen molar-refractivity contribution < 1.29 is 12.8 Å². The molecular weight excluding hydrogens is 487 g/mol. The number of pyridine rings is 1. The average molecular weight is 513 g/mol. The summed E-state index contributed by atoms with van der Waals surface area (Å²) in [5.41, 5.74) is 4.84. The maximum absolute atomic E-state index is 13.7. The van der Waals surface area contributed by atoms with Gasteiger partial charge in [0, 0.05) is 24.2 Å². The van der Waals surface area contributed by atoms with Crippen LogP contribution in [0.5, 0.6) is 0 Å². The van der Waals surface area contributed by atoms with Gasteiger partial charge in [-0.25, -0.2) is 12.8 Å².